The number of hydrazone groups is 1. The van der Waals surface area contributed by atoms with Crippen LogP contribution >= 0.6 is 0 Å². The molecule has 158 valence electrons. The Morgan fingerprint density at radius 3 is 2.69 bits per heavy atom. The highest BCUT2D eigenvalue weighted by molar-refractivity contribution is 5.94. The summed E-state index contributed by atoms with van der Waals surface area (Å²) in [6, 6.07) is 6.93. The van der Waals surface area contributed by atoms with Gasteiger partial charge in [0.2, 0.25) is 0 Å². The molecule has 0 saturated heterocycles. The highest BCUT2D eigenvalue weighted by Gasteiger charge is 2.61. The van der Waals surface area contributed by atoms with Crippen LogP contribution in [0.4, 0.5) is 9.18 Å². The zero-order chi connectivity index (χ0) is 20.8. The molecule has 0 radical (unpaired) electrons. The second-order valence-corrected chi connectivity index (χ2v) is 9.96. The van der Waals surface area contributed by atoms with Gasteiger partial charge in [0.25, 0.3) is 0 Å². The molecule has 4 rings (SSSR count). The fourth-order valence-corrected chi connectivity index (χ4v) is 5.94. The van der Waals surface area contributed by atoms with Crippen LogP contribution in [0.5, 0.6) is 0 Å². The lowest BCUT2D eigenvalue weighted by atomic mass is 9.69. The first-order chi connectivity index (χ1) is 13.8. The maximum atomic E-state index is 14.5. The van der Waals surface area contributed by atoms with Crippen LogP contribution in [0.1, 0.15) is 77.7 Å². The molecule has 1 aromatic rings. The lowest BCUT2D eigenvalue weighted by Gasteiger charge is -2.39. The van der Waals surface area contributed by atoms with Crippen molar-refractivity contribution in [3.05, 3.63) is 35.6 Å². The van der Waals surface area contributed by atoms with Crippen molar-refractivity contribution in [1.29, 1.82) is 0 Å². The van der Waals surface area contributed by atoms with E-state index < -0.39 is 0 Å². The normalized spacial score (nSPS) is 32.5. The molecule has 0 aromatic heterocycles. The summed E-state index contributed by atoms with van der Waals surface area (Å²) >= 11 is 0. The summed E-state index contributed by atoms with van der Waals surface area (Å²) in [6.07, 6.45) is 6.32. The van der Waals surface area contributed by atoms with Gasteiger partial charge in [-0.2, -0.15) is 5.10 Å². The van der Waals surface area contributed by atoms with Crippen LogP contribution in [0.3, 0.4) is 0 Å². The van der Waals surface area contributed by atoms with Crippen molar-refractivity contribution in [2.45, 2.75) is 78.2 Å². The molecule has 5 heteroatoms. The molecule has 2 saturated carbocycles. The molecule has 1 aromatic carbocycles. The molecule has 1 heterocycles. The largest absolute Gasteiger partial charge is 0.338 e. The third-order valence-electron chi connectivity index (χ3n) is 8.40. The summed E-state index contributed by atoms with van der Waals surface area (Å²) < 4.78 is 14.5. The van der Waals surface area contributed by atoms with Gasteiger partial charge in [-0.05, 0) is 60.5 Å². The lowest BCUT2D eigenvalue weighted by molar-refractivity contribution is 0.118. The second-order valence-electron chi connectivity index (χ2n) is 9.96. The topological polar surface area (TPSA) is 44.7 Å². The van der Waals surface area contributed by atoms with E-state index in [1.165, 1.54) is 18.9 Å². The average Bonchev–Trinajstić information content (AvgIpc) is 3.26. The monoisotopic (exact) mass is 399 g/mol. The van der Waals surface area contributed by atoms with Crippen LogP contribution in [0.25, 0.3) is 0 Å². The highest BCUT2D eigenvalue weighted by atomic mass is 19.1. The molecule has 2 amide bonds. The summed E-state index contributed by atoms with van der Waals surface area (Å²) in [6.45, 7) is 9.58. The molecule has 2 aliphatic carbocycles. The second kappa shape index (κ2) is 7.41. The molecule has 4 nitrogen and oxygen atoms in total. The molecular formula is C24H34FN3O. The van der Waals surface area contributed by atoms with Crippen molar-refractivity contribution < 1.29 is 9.18 Å². The van der Waals surface area contributed by atoms with Gasteiger partial charge in [-0.15, -0.1) is 0 Å². The van der Waals surface area contributed by atoms with Gasteiger partial charge in [-0.3, -0.25) is 0 Å². The Kier molecular flexibility index (Phi) is 5.20. The summed E-state index contributed by atoms with van der Waals surface area (Å²) in [7, 11) is 0. The van der Waals surface area contributed by atoms with Crippen LogP contribution in [0, 0.1) is 22.6 Å². The molecule has 0 spiro atoms. The van der Waals surface area contributed by atoms with Crippen molar-refractivity contribution in [2.75, 3.05) is 6.54 Å². The Morgan fingerprint density at radius 2 is 2.07 bits per heavy atom. The summed E-state index contributed by atoms with van der Waals surface area (Å²) in [5, 5.41) is 9.50. The number of fused-ring (bicyclic) bond motifs is 2. The molecular weight excluding hydrogens is 365 g/mol. The van der Waals surface area contributed by atoms with E-state index in [2.05, 4.69) is 38.1 Å². The van der Waals surface area contributed by atoms with Crippen LogP contribution in [0.2, 0.25) is 0 Å². The number of halogens is 1. The highest BCUT2D eigenvalue weighted by Crippen LogP contribution is 2.65. The molecule has 3 aliphatic rings. The van der Waals surface area contributed by atoms with Crippen LogP contribution in [-0.4, -0.2) is 29.3 Å². The SMILES string of the molecule is CCCCC1=NN(C(=O)NC2CC3CCC2(C)C3(C)C)CC1c1ccccc1F. The van der Waals surface area contributed by atoms with Crippen molar-refractivity contribution in [3.8, 4) is 0 Å². The van der Waals surface area contributed by atoms with Crippen molar-refractivity contribution in [1.82, 2.24) is 10.3 Å². The number of hydrogen-bond acceptors (Lipinski definition) is 2. The van der Waals surface area contributed by atoms with Crippen LogP contribution in [0.15, 0.2) is 29.4 Å². The van der Waals surface area contributed by atoms with E-state index in [0.717, 1.165) is 31.4 Å². The Balaban J connectivity index is 1.51. The average molecular weight is 400 g/mol. The van der Waals surface area contributed by atoms with Gasteiger partial charge in [0.05, 0.1) is 6.54 Å². The Hall–Kier alpha value is -1.91. The lowest BCUT2D eigenvalue weighted by Crippen LogP contribution is -2.50. The zero-order valence-corrected chi connectivity index (χ0v) is 18.2. The van der Waals surface area contributed by atoms with Crippen LogP contribution < -0.4 is 5.32 Å². The number of amides is 2. The summed E-state index contributed by atoms with van der Waals surface area (Å²) in [4.78, 5) is 13.1. The third kappa shape index (κ3) is 3.27. The number of hydrogen-bond donors (Lipinski definition) is 1. The number of rotatable bonds is 5. The fraction of sp³-hybridized carbons (Fsp3) is 0.667. The minimum atomic E-state index is -0.216. The predicted molar refractivity (Wildman–Crippen MR) is 114 cm³/mol. The number of unbranched alkanes of at least 4 members (excludes halogenated alkanes) is 1. The van der Waals surface area contributed by atoms with E-state index in [4.69, 9.17) is 0 Å². The smallest absolute Gasteiger partial charge is 0.333 e. The summed E-state index contributed by atoms with van der Waals surface area (Å²) in [5.41, 5.74) is 1.95. The quantitative estimate of drug-likeness (QED) is 0.679. The number of nitrogens with one attached hydrogen (secondary N) is 1. The molecule has 1 N–H and O–H groups in total. The minimum absolute atomic E-state index is 0.132. The van der Waals surface area contributed by atoms with Crippen LogP contribution in [-0.2, 0) is 0 Å². The molecule has 29 heavy (non-hydrogen) atoms. The van der Waals surface area contributed by atoms with Gasteiger partial charge in [-0.25, -0.2) is 14.2 Å². The third-order valence-corrected chi connectivity index (χ3v) is 8.40. The number of carbonyl (C=O) groups is 1. The van der Waals surface area contributed by atoms with Gasteiger partial charge in [-0.1, -0.05) is 52.3 Å². The Labute approximate surface area is 173 Å². The first-order valence-corrected chi connectivity index (χ1v) is 11.2. The van der Waals surface area contributed by atoms with E-state index in [9.17, 15) is 9.18 Å². The van der Waals surface area contributed by atoms with Gasteiger partial charge >= 0.3 is 6.03 Å². The van der Waals surface area contributed by atoms with E-state index in [1.807, 2.05) is 12.1 Å². The minimum Gasteiger partial charge on any atom is -0.333 e. The van der Waals surface area contributed by atoms with Gasteiger partial charge in [0.1, 0.15) is 5.82 Å². The molecule has 2 bridgehead atoms. The van der Waals surface area contributed by atoms with E-state index in [1.54, 1.807) is 11.1 Å². The fourth-order valence-electron chi connectivity index (χ4n) is 5.94. The van der Waals surface area contributed by atoms with Crippen molar-refractivity contribution >= 4 is 11.7 Å². The maximum absolute atomic E-state index is 14.5. The van der Waals surface area contributed by atoms with Crippen molar-refractivity contribution in [2.24, 2.45) is 21.8 Å². The van der Waals surface area contributed by atoms with Gasteiger partial charge < -0.3 is 5.32 Å². The molecule has 4 unspecified atom stereocenters. The van der Waals surface area contributed by atoms with Gasteiger partial charge in [0.15, 0.2) is 0 Å². The molecule has 2 fully saturated rings. The Morgan fingerprint density at radius 1 is 1.31 bits per heavy atom. The number of urea groups is 1. The number of benzene rings is 1. The van der Waals surface area contributed by atoms with Gasteiger partial charge in [0, 0.05) is 17.7 Å². The Bertz CT molecular complexity index is 820. The summed E-state index contributed by atoms with van der Waals surface area (Å²) in [5.74, 6) is 0.304. The number of nitrogens with zero attached hydrogens (tertiary/aromatic N) is 2. The first kappa shape index (κ1) is 20.4. The zero-order valence-electron chi connectivity index (χ0n) is 18.2. The first-order valence-electron chi connectivity index (χ1n) is 11.2. The maximum Gasteiger partial charge on any atom is 0.338 e. The predicted octanol–water partition coefficient (Wildman–Crippen LogP) is 5.70. The standard InChI is InChI=1S/C24H34FN3O/c1-5-6-11-20-18(17-9-7-8-10-19(17)25)15-28(27-20)22(29)26-21-14-16-12-13-24(21,4)23(16,2)3/h7-10,16,18,21H,5-6,11-15H2,1-4H3,(H,26,29). The van der Waals surface area contributed by atoms with E-state index in [0.29, 0.717) is 18.0 Å². The molecule has 4 atom stereocenters. The molecule has 1 aliphatic heterocycles. The number of carbonyl (C=O) groups excluding carboxylic acids is 1. The van der Waals surface area contributed by atoms with E-state index in [-0.39, 0.29) is 34.6 Å². The van der Waals surface area contributed by atoms with Crippen molar-refractivity contribution in [3.63, 3.8) is 0 Å². The van der Waals surface area contributed by atoms with E-state index >= 15 is 0 Å².